The molecule has 1 fully saturated rings. The van der Waals surface area contributed by atoms with Crippen molar-refractivity contribution < 1.29 is 17.0 Å². The molecule has 0 N–H and O–H groups in total. The quantitative estimate of drug-likeness (QED) is 0.571. The van der Waals surface area contributed by atoms with Gasteiger partial charge in [-0.2, -0.15) is 8.42 Å². The Morgan fingerprint density at radius 3 is 2.24 bits per heavy atom. The van der Waals surface area contributed by atoms with Gasteiger partial charge >= 0.3 is 0 Å². The molecule has 2 aromatic rings. The van der Waals surface area contributed by atoms with Crippen LogP contribution in [-0.4, -0.2) is 23.4 Å². The summed E-state index contributed by atoms with van der Waals surface area (Å²) in [5.74, 6) is 0.238. The zero-order valence-corrected chi connectivity index (χ0v) is 16.1. The molecule has 0 aromatic heterocycles. The Balaban J connectivity index is 1.52. The molecule has 3 rings (SSSR count). The molecule has 6 heteroatoms. The maximum atomic E-state index is 13.0. The summed E-state index contributed by atoms with van der Waals surface area (Å²) in [5, 5.41) is 0. The monoisotopic (exact) mass is 377 g/mol. The topological polar surface area (TPSA) is 43.4 Å². The van der Waals surface area contributed by atoms with E-state index in [0.717, 1.165) is 30.5 Å². The third-order valence-electron chi connectivity index (χ3n) is 4.76. The number of benzene rings is 2. The lowest BCUT2D eigenvalue weighted by atomic mass is 9.93. The van der Waals surface area contributed by atoms with Gasteiger partial charge in [-0.3, -0.25) is 4.18 Å². The Morgan fingerprint density at radius 1 is 1.04 bits per heavy atom. The van der Waals surface area contributed by atoms with Crippen LogP contribution in [0.5, 0.6) is 0 Å². The molecule has 1 saturated heterocycles. The smallest absolute Gasteiger partial charge is 0.270 e. The van der Waals surface area contributed by atoms with Crippen molar-refractivity contribution >= 4 is 18.9 Å². The van der Waals surface area contributed by atoms with E-state index < -0.39 is 18.9 Å². The van der Waals surface area contributed by atoms with Gasteiger partial charge in [0.25, 0.3) is 10.1 Å². The summed E-state index contributed by atoms with van der Waals surface area (Å²) < 4.78 is 42.9. The van der Waals surface area contributed by atoms with E-state index >= 15 is 0 Å². The third-order valence-corrected chi connectivity index (χ3v) is 8.79. The summed E-state index contributed by atoms with van der Waals surface area (Å²) in [6, 6.07) is 15.5. The van der Waals surface area contributed by atoms with Crippen LogP contribution in [0, 0.1) is 12.7 Å². The summed E-state index contributed by atoms with van der Waals surface area (Å²) in [5.41, 5.74) is 2.19. The summed E-state index contributed by atoms with van der Waals surface area (Å²) in [4.78, 5) is 0.223. The third kappa shape index (κ3) is 4.77. The molecule has 0 amide bonds. The van der Waals surface area contributed by atoms with E-state index in [1.165, 1.54) is 17.7 Å². The van der Waals surface area contributed by atoms with Crippen LogP contribution in [0.15, 0.2) is 53.4 Å². The molecule has 0 spiro atoms. The van der Waals surface area contributed by atoms with Crippen LogP contribution in [0.4, 0.5) is 4.39 Å². The SMILES string of the molecule is Cc1ccc(S(=O)(=O)OC[Si]2CCC(c3ccc(F)cc3)CC2)cc1. The number of hydrogen-bond acceptors (Lipinski definition) is 3. The van der Waals surface area contributed by atoms with Gasteiger partial charge in [0.2, 0.25) is 0 Å². The number of rotatable bonds is 5. The maximum Gasteiger partial charge on any atom is 0.296 e. The van der Waals surface area contributed by atoms with Crippen molar-refractivity contribution in [1.29, 1.82) is 0 Å². The Labute approximate surface area is 150 Å². The molecule has 0 unspecified atom stereocenters. The molecule has 0 saturated carbocycles. The lowest BCUT2D eigenvalue weighted by molar-refractivity contribution is 0.368. The second-order valence-electron chi connectivity index (χ2n) is 6.61. The van der Waals surface area contributed by atoms with E-state index in [1.807, 2.05) is 19.1 Å². The van der Waals surface area contributed by atoms with Crippen molar-refractivity contribution in [3.8, 4) is 0 Å². The molecular weight excluding hydrogens is 355 g/mol. The highest BCUT2D eigenvalue weighted by Gasteiger charge is 2.26. The Hall–Kier alpha value is -1.50. The fourth-order valence-electron chi connectivity index (χ4n) is 3.17. The van der Waals surface area contributed by atoms with E-state index in [2.05, 4.69) is 0 Å². The van der Waals surface area contributed by atoms with Crippen LogP contribution in [0.25, 0.3) is 0 Å². The summed E-state index contributed by atoms with van der Waals surface area (Å²) in [6.07, 6.45) is 2.37. The molecule has 1 aliphatic rings. The summed E-state index contributed by atoms with van der Waals surface area (Å²) >= 11 is 0. The molecule has 1 aliphatic heterocycles. The van der Waals surface area contributed by atoms with Crippen LogP contribution in [-0.2, 0) is 14.3 Å². The number of halogens is 1. The van der Waals surface area contributed by atoms with Crippen LogP contribution in [0.1, 0.15) is 29.9 Å². The summed E-state index contributed by atoms with van der Waals surface area (Å²) in [6.45, 7) is 1.92. The number of hydrogen-bond donors (Lipinski definition) is 0. The van der Waals surface area contributed by atoms with Gasteiger partial charge < -0.3 is 0 Å². The number of aryl methyl sites for hydroxylation is 1. The second-order valence-corrected chi connectivity index (χ2v) is 11.0. The van der Waals surface area contributed by atoms with Crippen molar-refractivity contribution in [1.82, 2.24) is 0 Å². The van der Waals surface area contributed by atoms with Gasteiger partial charge in [-0.1, -0.05) is 41.9 Å². The Bertz CT molecular complexity index is 796. The highest BCUT2D eigenvalue weighted by atomic mass is 32.2. The molecule has 133 valence electrons. The first-order valence-electron chi connectivity index (χ1n) is 8.49. The van der Waals surface area contributed by atoms with E-state index in [1.54, 1.807) is 24.3 Å². The minimum absolute atomic E-state index is 0.209. The summed E-state index contributed by atoms with van der Waals surface area (Å²) in [7, 11) is -4.48. The molecule has 0 atom stereocenters. The Kier molecular flexibility index (Phi) is 5.71. The average molecular weight is 378 g/mol. The molecule has 0 aliphatic carbocycles. The first-order chi connectivity index (χ1) is 11.9. The second kappa shape index (κ2) is 7.80. The fraction of sp³-hybridized carbons (Fsp3) is 0.368. The van der Waals surface area contributed by atoms with Gasteiger partial charge in [-0.05, 0) is 55.5 Å². The highest BCUT2D eigenvalue weighted by Crippen LogP contribution is 2.33. The van der Waals surface area contributed by atoms with Crippen molar-refractivity contribution in [2.75, 3.05) is 6.23 Å². The highest BCUT2D eigenvalue weighted by molar-refractivity contribution is 7.86. The maximum absolute atomic E-state index is 13.0. The fourth-order valence-corrected chi connectivity index (χ4v) is 7.12. The van der Waals surface area contributed by atoms with Crippen LogP contribution in [0.3, 0.4) is 0 Å². The first kappa shape index (κ1) is 18.3. The van der Waals surface area contributed by atoms with Gasteiger partial charge in [-0.25, -0.2) is 4.39 Å². The first-order valence-corrected chi connectivity index (χ1v) is 12.0. The van der Waals surface area contributed by atoms with Crippen molar-refractivity contribution in [2.24, 2.45) is 0 Å². The average Bonchev–Trinajstić information content (AvgIpc) is 2.62. The molecule has 25 heavy (non-hydrogen) atoms. The predicted octanol–water partition coefficient (Wildman–Crippen LogP) is 4.45. The van der Waals surface area contributed by atoms with Gasteiger partial charge in [0, 0.05) is 0 Å². The van der Waals surface area contributed by atoms with Crippen molar-refractivity contribution in [3.63, 3.8) is 0 Å². The van der Waals surface area contributed by atoms with E-state index in [0.29, 0.717) is 12.1 Å². The van der Waals surface area contributed by atoms with E-state index in [4.69, 9.17) is 4.18 Å². The van der Waals surface area contributed by atoms with Crippen LogP contribution in [0.2, 0.25) is 12.1 Å². The van der Waals surface area contributed by atoms with Crippen LogP contribution >= 0.6 is 0 Å². The largest absolute Gasteiger partial charge is 0.296 e. The molecule has 1 radical (unpaired) electrons. The van der Waals surface area contributed by atoms with Gasteiger partial charge in [0.15, 0.2) is 0 Å². The van der Waals surface area contributed by atoms with Gasteiger partial charge in [0.1, 0.15) is 5.82 Å². The zero-order valence-electron chi connectivity index (χ0n) is 14.2. The van der Waals surface area contributed by atoms with E-state index in [9.17, 15) is 12.8 Å². The predicted molar refractivity (Wildman–Crippen MR) is 98.1 cm³/mol. The van der Waals surface area contributed by atoms with Gasteiger partial charge in [-0.15, -0.1) is 0 Å². The molecule has 1 heterocycles. The molecule has 2 aromatic carbocycles. The zero-order chi connectivity index (χ0) is 17.9. The standard InChI is InChI=1S/C19H22FO3SSi/c1-15-2-8-19(9-3-15)24(21,22)23-14-25-12-10-17(11-13-25)16-4-6-18(20)7-5-16/h2-9,17H,10-14H2,1H3. The van der Waals surface area contributed by atoms with Gasteiger partial charge in [0.05, 0.1) is 19.9 Å². The minimum Gasteiger partial charge on any atom is -0.270 e. The van der Waals surface area contributed by atoms with Crippen LogP contribution < -0.4 is 0 Å². The van der Waals surface area contributed by atoms with Crippen molar-refractivity contribution in [2.45, 2.75) is 42.7 Å². The Morgan fingerprint density at radius 2 is 1.64 bits per heavy atom. The molecular formula is C19H22FO3SSi. The lowest BCUT2D eigenvalue weighted by Crippen LogP contribution is -2.27. The normalized spacial score (nSPS) is 16.9. The van der Waals surface area contributed by atoms with E-state index in [-0.39, 0.29) is 10.7 Å². The van der Waals surface area contributed by atoms with Crippen molar-refractivity contribution in [3.05, 3.63) is 65.5 Å². The molecule has 3 nitrogen and oxygen atoms in total. The minimum atomic E-state index is -3.66. The molecule has 0 bridgehead atoms. The lowest BCUT2D eigenvalue weighted by Gasteiger charge is -2.27.